The van der Waals surface area contributed by atoms with E-state index in [9.17, 15) is 4.79 Å². The van der Waals surface area contributed by atoms with Crippen LogP contribution in [0.1, 0.15) is 33.6 Å². The van der Waals surface area contributed by atoms with Gasteiger partial charge in [0, 0.05) is 39.0 Å². The summed E-state index contributed by atoms with van der Waals surface area (Å²) in [7, 11) is 0.555. The zero-order valence-electron chi connectivity index (χ0n) is 15.4. The van der Waals surface area contributed by atoms with Crippen molar-refractivity contribution in [2.75, 3.05) is 47.1 Å². The van der Waals surface area contributed by atoms with Crippen LogP contribution in [0.2, 0.25) is 6.04 Å². The third kappa shape index (κ3) is 9.22. The van der Waals surface area contributed by atoms with E-state index in [4.69, 9.17) is 18.0 Å². The van der Waals surface area contributed by atoms with Crippen LogP contribution < -0.4 is 0 Å². The zero-order valence-corrected chi connectivity index (χ0v) is 16.4. The quantitative estimate of drug-likeness (QED) is 0.208. The maximum atomic E-state index is 11.3. The largest absolute Gasteiger partial charge is 0.500 e. The van der Waals surface area contributed by atoms with Crippen molar-refractivity contribution in [2.24, 2.45) is 0 Å². The lowest BCUT2D eigenvalue weighted by molar-refractivity contribution is -0.139. The van der Waals surface area contributed by atoms with Crippen LogP contribution in [0.25, 0.3) is 0 Å². The molecule has 0 atom stereocenters. The first-order valence-electron chi connectivity index (χ1n) is 8.23. The molecule has 0 spiro atoms. The van der Waals surface area contributed by atoms with Gasteiger partial charge in [0.15, 0.2) is 0 Å². The first-order valence-corrected chi connectivity index (χ1v) is 10.2. The van der Waals surface area contributed by atoms with E-state index in [1.54, 1.807) is 21.1 Å². The molecule has 0 bridgehead atoms. The highest BCUT2D eigenvalue weighted by Gasteiger charge is 2.38. The molecule has 23 heavy (non-hydrogen) atoms. The number of hydrogen-bond donors (Lipinski definition) is 0. The SMILES string of the molecule is C=C(C)C(=O)OCCC[Si](OC)(OC)OCCCN(CC)CC. The average Bonchev–Trinajstić information content (AvgIpc) is 2.56. The van der Waals surface area contributed by atoms with E-state index in [1.807, 2.05) is 0 Å². The van der Waals surface area contributed by atoms with E-state index in [0.717, 1.165) is 26.1 Å². The average molecular weight is 348 g/mol. The lowest BCUT2D eigenvalue weighted by atomic mass is 10.4. The molecule has 0 radical (unpaired) electrons. The number of esters is 1. The zero-order chi connectivity index (χ0) is 17.7. The molecule has 0 aromatic carbocycles. The Labute approximate surface area is 142 Å². The summed E-state index contributed by atoms with van der Waals surface area (Å²) in [5, 5.41) is 0. The van der Waals surface area contributed by atoms with E-state index in [-0.39, 0.29) is 5.97 Å². The molecule has 0 aliphatic heterocycles. The van der Waals surface area contributed by atoms with Crippen molar-refractivity contribution in [3.8, 4) is 0 Å². The van der Waals surface area contributed by atoms with Gasteiger partial charge in [-0.25, -0.2) is 4.79 Å². The van der Waals surface area contributed by atoms with Gasteiger partial charge >= 0.3 is 14.8 Å². The highest BCUT2D eigenvalue weighted by atomic mass is 28.4. The molecule has 0 N–H and O–H groups in total. The van der Waals surface area contributed by atoms with Crippen LogP contribution in [-0.2, 0) is 22.8 Å². The number of ether oxygens (including phenoxy) is 1. The first kappa shape index (κ1) is 22.3. The van der Waals surface area contributed by atoms with Crippen molar-refractivity contribution in [3.63, 3.8) is 0 Å². The Morgan fingerprint density at radius 2 is 1.70 bits per heavy atom. The molecule has 0 heterocycles. The molecule has 0 aromatic heterocycles. The van der Waals surface area contributed by atoms with Gasteiger partial charge in [0.1, 0.15) is 0 Å². The molecule has 7 heteroatoms. The molecule has 136 valence electrons. The van der Waals surface area contributed by atoms with Crippen LogP contribution in [0.5, 0.6) is 0 Å². The van der Waals surface area contributed by atoms with Crippen LogP contribution in [0.4, 0.5) is 0 Å². The fraction of sp³-hybridized carbons (Fsp3) is 0.812. The number of carbonyl (C=O) groups excluding carboxylic acids is 1. The minimum absolute atomic E-state index is 0.315. The Bertz CT molecular complexity index is 343. The molecule has 0 amide bonds. The molecular weight excluding hydrogens is 314 g/mol. The topological polar surface area (TPSA) is 57.2 Å². The van der Waals surface area contributed by atoms with Gasteiger partial charge in [-0.15, -0.1) is 0 Å². The highest BCUT2D eigenvalue weighted by molar-refractivity contribution is 6.60. The maximum absolute atomic E-state index is 11.3. The summed E-state index contributed by atoms with van der Waals surface area (Å²) in [6.45, 7) is 13.5. The number of hydrogen-bond acceptors (Lipinski definition) is 6. The molecule has 0 aliphatic rings. The Balaban J connectivity index is 4.14. The predicted octanol–water partition coefficient (Wildman–Crippen LogP) is 2.48. The third-order valence-corrected chi connectivity index (χ3v) is 6.52. The van der Waals surface area contributed by atoms with Gasteiger partial charge in [-0.2, -0.15) is 0 Å². The summed E-state index contributed by atoms with van der Waals surface area (Å²) in [4.78, 5) is 13.7. The second-order valence-electron chi connectivity index (χ2n) is 5.34. The molecule has 0 aromatic rings. The molecule has 0 unspecified atom stereocenters. The van der Waals surface area contributed by atoms with Crippen LogP contribution in [0, 0.1) is 0 Å². The van der Waals surface area contributed by atoms with Gasteiger partial charge in [0.05, 0.1) is 6.61 Å². The van der Waals surface area contributed by atoms with Crippen LogP contribution in [0.15, 0.2) is 12.2 Å². The van der Waals surface area contributed by atoms with Crippen molar-refractivity contribution >= 4 is 14.8 Å². The van der Waals surface area contributed by atoms with E-state index in [2.05, 4.69) is 25.3 Å². The van der Waals surface area contributed by atoms with Crippen LogP contribution >= 0.6 is 0 Å². The van der Waals surface area contributed by atoms with Gasteiger partial charge in [-0.3, -0.25) is 0 Å². The van der Waals surface area contributed by atoms with Crippen molar-refractivity contribution in [1.82, 2.24) is 4.90 Å². The van der Waals surface area contributed by atoms with E-state index < -0.39 is 8.80 Å². The molecule has 0 fully saturated rings. The number of carbonyl (C=O) groups is 1. The minimum Gasteiger partial charge on any atom is -0.462 e. The fourth-order valence-electron chi connectivity index (χ4n) is 2.11. The number of nitrogens with zero attached hydrogens (tertiary/aromatic N) is 1. The second-order valence-corrected chi connectivity index (χ2v) is 8.31. The monoisotopic (exact) mass is 347 g/mol. The fourth-order valence-corrected chi connectivity index (χ4v) is 4.10. The third-order valence-electron chi connectivity index (χ3n) is 3.67. The van der Waals surface area contributed by atoms with E-state index in [0.29, 0.717) is 31.3 Å². The summed E-state index contributed by atoms with van der Waals surface area (Å²) >= 11 is 0. The van der Waals surface area contributed by atoms with Crippen molar-refractivity contribution < 1.29 is 22.8 Å². The molecule has 0 saturated carbocycles. The lowest BCUT2D eigenvalue weighted by Gasteiger charge is -2.27. The summed E-state index contributed by atoms with van der Waals surface area (Å²) < 4.78 is 22.1. The smallest absolute Gasteiger partial charge is 0.462 e. The molecule has 0 rings (SSSR count). The molecule has 6 nitrogen and oxygen atoms in total. The first-order chi connectivity index (χ1) is 10.9. The van der Waals surface area contributed by atoms with Crippen molar-refractivity contribution in [2.45, 2.75) is 39.7 Å². The Morgan fingerprint density at radius 3 is 2.17 bits per heavy atom. The van der Waals surface area contributed by atoms with E-state index in [1.165, 1.54) is 0 Å². The number of rotatable bonds is 14. The highest BCUT2D eigenvalue weighted by Crippen LogP contribution is 2.17. The Morgan fingerprint density at radius 1 is 1.09 bits per heavy atom. The summed E-state index contributed by atoms with van der Waals surface area (Å²) in [5.41, 5.74) is 0.402. The summed E-state index contributed by atoms with van der Waals surface area (Å²) in [5.74, 6) is -0.368. The predicted molar refractivity (Wildman–Crippen MR) is 93.3 cm³/mol. The molecular formula is C16H33NO5Si. The van der Waals surface area contributed by atoms with Gasteiger partial charge in [-0.05, 0) is 32.9 Å². The van der Waals surface area contributed by atoms with Crippen LogP contribution in [-0.4, -0.2) is 66.7 Å². The van der Waals surface area contributed by atoms with Crippen molar-refractivity contribution in [3.05, 3.63) is 12.2 Å². The Hall–Kier alpha value is -0.733. The molecule has 0 aliphatic carbocycles. The van der Waals surface area contributed by atoms with Gasteiger partial charge in [0.2, 0.25) is 0 Å². The summed E-state index contributed by atoms with van der Waals surface area (Å²) in [6, 6.07) is 0.620. The lowest BCUT2D eigenvalue weighted by Crippen LogP contribution is -2.44. The van der Waals surface area contributed by atoms with Gasteiger partial charge < -0.3 is 22.9 Å². The molecule has 0 saturated heterocycles. The van der Waals surface area contributed by atoms with Gasteiger partial charge in [-0.1, -0.05) is 20.4 Å². The van der Waals surface area contributed by atoms with E-state index >= 15 is 0 Å². The normalized spacial score (nSPS) is 11.7. The van der Waals surface area contributed by atoms with Gasteiger partial charge in [0.25, 0.3) is 0 Å². The Kier molecular flexibility index (Phi) is 12.3. The van der Waals surface area contributed by atoms with Crippen LogP contribution in [0.3, 0.4) is 0 Å². The standard InChI is InChI=1S/C16H33NO5Si/c1-7-17(8-2)11-9-13-22-23(19-5,20-6)14-10-12-21-16(18)15(3)4/h3,7-14H2,1-2,4-6H3. The van der Waals surface area contributed by atoms with Crippen molar-refractivity contribution in [1.29, 1.82) is 0 Å². The summed E-state index contributed by atoms with van der Waals surface area (Å²) in [6.07, 6.45) is 1.58. The second kappa shape index (κ2) is 12.7. The maximum Gasteiger partial charge on any atom is 0.500 e. The minimum atomic E-state index is -2.67.